The number of anilines is 1. The van der Waals surface area contributed by atoms with Gasteiger partial charge in [0.15, 0.2) is 0 Å². The molecular weight excluding hydrogens is 516 g/mol. The molecule has 2 aliphatic heterocycles. The van der Waals surface area contributed by atoms with Crippen molar-refractivity contribution in [1.82, 2.24) is 15.2 Å². The van der Waals surface area contributed by atoms with E-state index in [-0.39, 0.29) is 24.5 Å². The highest BCUT2D eigenvalue weighted by Gasteiger charge is 2.52. The van der Waals surface area contributed by atoms with E-state index in [4.69, 9.17) is 9.47 Å². The number of nitrogens with one attached hydrogen (secondary N) is 2. The summed E-state index contributed by atoms with van der Waals surface area (Å²) in [5.74, 6) is -0.0725. The van der Waals surface area contributed by atoms with E-state index in [2.05, 4.69) is 31.5 Å². The van der Waals surface area contributed by atoms with Crippen molar-refractivity contribution in [2.75, 3.05) is 18.5 Å². The first-order chi connectivity index (χ1) is 16.4. The number of rotatable bonds is 0. The molecule has 0 spiro atoms. The molecule has 1 aromatic heterocycles. The second kappa shape index (κ2) is 11.1. The lowest BCUT2D eigenvalue weighted by Gasteiger charge is -2.34. The third-order valence-corrected chi connectivity index (χ3v) is 6.82. The van der Waals surface area contributed by atoms with Crippen molar-refractivity contribution < 1.29 is 23.9 Å². The van der Waals surface area contributed by atoms with Gasteiger partial charge in [-0.2, -0.15) is 0 Å². The van der Waals surface area contributed by atoms with Crippen molar-refractivity contribution in [1.29, 1.82) is 0 Å². The van der Waals surface area contributed by atoms with Crippen molar-refractivity contribution in [2.24, 2.45) is 5.41 Å². The van der Waals surface area contributed by atoms with Crippen LogP contribution in [-0.4, -0.2) is 58.6 Å². The number of carbonyl (C=O) groups is 3. The molecule has 0 unspecified atom stereocenters. The Morgan fingerprint density at radius 2 is 2.03 bits per heavy atom. The first kappa shape index (κ1) is 27.1. The molecule has 1 fully saturated rings. The molecule has 1 aromatic rings. The van der Waals surface area contributed by atoms with E-state index in [0.29, 0.717) is 48.4 Å². The highest BCUT2D eigenvalue weighted by atomic mass is 79.9. The number of amides is 3. The van der Waals surface area contributed by atoms with Crippen LogP contribution in [0.2, 0.25) is 0 Å². The minimum Gasteiger partial charge on any atom is -0.444 e. The van der Waals surface area contributed by atoms with E-state index < -0.39 is 23.2 Å². The number of nitrogens with zero attached hydrogens (tertiary/aromatic N) is 2. The summed E-state index contributed by atoms with van der Waals surface area (Å²) in [5.41, 5.74) is -0.536. The van der Waals surface area contributed by atoms with E-state index in [1.54, 1.807) is 26.8 Å². The molecule has 192 valence electrons. The number of aromatic nitrogens is 1. The van der Waals surface area contributed by atoms with Gasteiger partial charge in [0.2, 0.25) is 11.8 Å². The van der Waals surface area contributed by atoms with Gasteiger partial charge in [0.1, 0.15) is 22.1 Å². The molecule has 3 amide bonds. The fourth-order valence-corrected chi connectivity index (χ4v) is 4.58. The predicted octanol–water partition coefficient (Wildman–Crippen LogP) is 4.17. The molecule has 0 saturated carbocycles. The third kappa shape index (κ3) is 7.04. The highest BCUT2D eigenvalue weighted by Crippen LogP contribution is 2.41. The number of hydrogen-bond donors (Lipinski definition) is 2. The molecule has 1 saturated heterocycles. The van der Waals surface area contributed by atoms with Crippen molar-refractivity contribution in [3.63, 3.8) is 0 Å². The van der Waals surface area contributed by atoms with Crippen LogP contribution in [0.15, 0.2) is 28.9 Å². The van der Waals surface area contributed by atoms with Gasteiger partial charge in [-0.25, -0.2) is 9.78 Å². The van der Waals surface area contributed by atoms with Crippen molar-refractivity contribution >= 4 is 39.7 Å². The maximum Gasteiger partial charge on any atom is 0.411 e. The minimum absolute atomic E-state index is 0.0773. The molecule has 0 aromatic carbocycles. The van der Waals surface area contributed by atoms with Gasteiger partial charge in [0.05, 0.1) is 13.2 Å². The topological polar surface area (TPSA) is 110 Å². The summed E-state index contributed by atoms with van der Waals surface area (Å²) >= 11 is 3.36. The second-order valence-corrected chi connectivity index (χ2v) is 11.2. The van der Waals surface area contributed by atoms with Crippen molar-refractivity contribution in [2.45, 2.75) is 78.2 Å². The zero-order valence-corrected chi connectivity index (χ0v) is 22.6. The minimum atomic E-state index is -0.798. The zero-order valence-electron chi connectivity index (χ0n) is 21.0. The highest BCUT2D eigenvalue weighted by molar-refractivity contribution is 9.10. The van der Waals surface area contributed by atoms with Gasteiger partial charge in [-0.1, -0.05) is 25.1 Å². The summed E-state index contributed by atoms with van der Waals surface area (Å²) in [6.07, 6.45) is 4.53. The summed E-state index contributed by atoms with van der Waals surface area (Å²) in [6, 6.07) is 2.46. The lowest BCUT2D eigenvalue weighted by molar-refractivity contribution is -0.121. The Bertz CT molecular complexity index is 993. The molecular formula is C25H35BrN4O5. The van der Waals surface area contributed by atoms with Gasteiger partial charge >= 0.3 is 6.09 Å². The predicted molar refractivity (Wildman–Crippen MR) is 136 cm³/mol. The number of hydrogen-bond acceptors (Lipinski definition) is 6. The molecule has 2 N–H and O–H groups in total. The maximum absolute atomic E-state index is 13.6. The summed E-state index contributed by atoms with van der Waals surface area (Å²) < 4.78 is 11.9. The fraction of sp³-hybridized carbons (Fsp3) is 0.600. The molecule has 3 atom stereocenters. The molecule has 0 radical (unpaired) electrons. The van der Waals surface area contributed by atoms with E-state index in [1.807, 2.05) is 32.1 Å². The Morgan fingerprint density at radius 1 is 1.29 bits per heavy atom. The van der Waals surface area contributed by atoms with Gasteiger partial charge in [-0.3, -0.25) is 14.5 Å². The SMILES string of the molecule is C[C@H]1N(C(=O)OC(C)(C)C)[C@H]2C[C@]1(C)CNC(=O)CCC=CCOCc1ccc(Br)nc1NC2=O. The van der Waals surface area contributed by atoms with Crippen LogP contribution < -0.4 is 10.6 Å². The van der Waals surface area contributed by atoms with Crippen LogP contribution in [0.5, 0.6) is 0 Å². The van der Waals surface area contributed by atoms with Crippen LogP contribution in [0.4, 0.5) is 10.6 Å². The largest absolute Gasteiger partial charge is 0.444 e. The molecule has 9 nitrogen and oxygen atoms in total. The molecule has 0 aliphatic carbocycles. The zero-order chi connectivity index (χ0) is 25.8. The Hall–Kier alpha value is -2.46. The van der Waals surface area contributed by atoms with Gasteiger partial charge < -0.3 is 20.1 Å². The quantitative estimate of drug-likeness (QED) is 0.370. The van der Waals surface area contributed by atoms with Crippen LogP contribution in [0.1, 0.15) is 59.4 Å². The summed E-state index contributed by atoms with van der Waals surface area (Å²) in [6.45, 7) is 10.2. The average Bonchev–Trinajstić information content (AvgIpc) is 3.02. The van der Waals surface area contributed by atoms with E-state index in [0.717, 1.165) is 0 Å². The smallest absolute Gasteiger partial charge is 0.411 e. The molecule has 10 heteroatoms. The summed E-state index contributed by atoms with van der Waals surface area (Å²) in [5, 5.41) is 5.89. The van der Waals surface area contributed by atoms with E-state index in [9.17, 15) is 14.4 Å². The Balaban J connectivity index is 1.96. The van der Waals surface area contributed by atoms with E-state index >= 15 is 0 Å². The van der Waals surface area contributed by atoms with Crippen LogP contribution in [0.3, 0.4) is 0 Å². The summed E-state index contributed by atoms with van der Waals surface area (Å²) in [7, 11) is 0. The Labute approximate surface area is 215 Å². The Morgan fingerprint density at radius 3 is 2.74 bits per heavy atom. The molecule has 2 bridgehead atoms. The fourth-order valence-electron chi connectivity index (χ4n) is 4.27. The molecule has 3 rings (SSSR count). The Kier molecular flexibility index (Phi) is 8.58. The molecule has 3 heterocycles. The van der Waals surface area contributed by atoms with E-state index in [1.165, 1.54) is 4.90 Å². The number of carbonyl (C=O) groups excluding carboxylic acids is 3. The first-order valence-corrected chi connectivity index (χ1v) is 12.7. The lowest BCUT2D eigenvalue weighted by atomic mass is 9.82. The third-order valence-electron chi connectivity index (χ3n) is 6.38. The van der Waals surface area contributed by atoms with Crippen LogP contribution in [0.25, 0.3) is 0 Å². The van der Waals surface area contributed by atoms with Crippen molar-refractivity contribution in [3.05, 3.63) is 34.5 Å². The number of likely N-dealkylation sites (tertiary alicyclic amines) is 1. The first-order valence-electron chi connectivity index (χ1n) is 11.9. The van der Waals surface area contributed by atoms with Crippen molar-refractivity contribution in [3.8, 4) is 0 Å². The normalized spacial score (nSPS) is 26.4. The molecule has 2 aliphatic rings. The summed E-state index contributed by atoms with van der Waals surface area (Å²) in [4.78, 5) is 45.2. The standard InChI is InChI=1S/C25H35BrN4O5/c1-16-25(5)13-18(30(16)23(33)35-24(2,3)4)22(32)29-21-17(10-11-19(26)28-21)14-34-12-8-6-7-9-20(31)27-15-25/h6,8,10-11,16,18H,7,9,12-15H2,1-5H3,(H,27,31)(H,28,29,32)/t16-,18+,25-/m1/s1. The van der Waals surface area contributed by atoms with Gasteiger partial charge in [0, 0.05) is 30.0 Å². The number of fused-ring (bicyclic) bond motifs is 3. The number of ether oxygens (including phenoxy) is 2. The number of halogens is 1. The molecule has 35 heavy (non-hydrogen) atoms. The second-order valence-electron chi connectivity index (χ2n) is 10.4. The lowest BCUT2D eigenvalue weighted by Crippen LogP contribution is -2.50. The van der Waals surface area contributed by atoms with Gasteiger partial charge in [-0.15, -0.1) is 0 Å². The number of allylic oxidation sites excluding steroid dienone is 1. The average molecular weight is 551 g/mol. The number of pyridine rings is 1. The van der Waals surface area contributed by atoms with Gasteiger partial charge in [0.25, 0.3) is 0 Å². The maximum atomic E-state index is 13.6. The van der Waals surface area contributed by atoms with Crippen LogP contribution in [-0.2, 0) is 25.7 Å². The van der Waals surface area contributed by atoms with Gasteiger partial charge in [-0.05, 0) is 62.5 Å². The monoisotopic (exact) mass is 550 g/mol. The van der Waals surface area contributed by atoms with Crippen LogP contribution >= 0.6 is 15.9 Å². The van der Waals surface area contributed by atoms with Crippen LogP contribution in [0, 0.1) is 5.41 Å².